The van der Waals surface area contributed by atoms with Crippen LogP contribution in [0.5, 0.6) is 0 Å². The van der Waals surface area contributed by atoms with E-state index in [4.69, 9.17) is 4.74 Å². The Morgan fingerprint density at radius 1 is 1.09 bits per heavy atom. The fourth-order valence-electron chi connectivity index (χ4n) is 4.36. The first-order chi connectivity index (χ1) is 15.8. The molecule has 2 aromatic rings. The summed E-state index contributed by atoms with van der Waals surface area (Å²) >= 11 is 0. The van der Waals surface area contributed by atoms with Crippen LogP contribution in [0.15, 0.2) is 42.6 Å². The monoisotopic (exact) mass is 464 g/mol. The topological polar surface area (TPSA) is 51.5 Å². The molecule has 180 valence electrons. The molecule has 1 aromatic carbocycles. The third-order valence-electron chi connectivity index (χ3n) is 6.05. The summed E-state index contributed by atoms with van der Waals surface area (Å²) in [5.41, 5.74) is 0.717. The van der Waals surface area contributed by atoms with Gasteiger partial charge < -0.3 is 14.2 Å². The van der Waals surface area contributed by atoms with Crippen molar-refractivity contribution >= 4 is 11.9 Å². The molecule has 1 aliphatic carbocycles. The lowest BCUT2D eigenvalue weighted by molar-refractivity contribution is -0.146. The van der Waals surface area contributed by atoms with Gasteiger partial charge in [-0.3, -0.25) is 9.59 Å². The zero-order valence-electron chi connectivity index (χ0n) is 18.9. The highest BCUT2D eigenvalue weighted by molar-refractivity contribution is 5.81. The van der Waals surface area contributed by atoms with Crippen LogP contribution in [0, 0.1) is 0 Å². The van der Waals surface area contributed by atoms with Gasteiger partial charge in [0.2, 0.25) is 5.91 Å². The second kappa shape index (κ2) is 11.4. The van der Waals surface area contributed by atoms with Crippen molar-refractivity contribution in [3.05, 3.63) is 59.4 Å². The normalized spacial score (nSPS) is 14.8. The largest absolute Gasteiger partial charge is 0.466 e. The number of hydrogen-bond donors (Lipinski definition) is 0. The van der Waals surface area contributed by atoms with E-state index in [-0.39, 0.29) is 43.9 Å². The molecule has 1 heterocycles. The third-order valence-corrected chi connectivity index (χ3v) is 6.05. The summed E-state index contributed by atoms with van der Waals surface area (Å²) in [6.45, 7) is 2.65. The van der Waals surface area contributed by atoms with E-state index >= 15 is 0 Å². The van der Waals surface area contributed by atoms with Crippen molar-refractivity contribution in [2.45, 2.75) is 77.2 Å². The molecule has 0 unspecified atom stereocenters. The maximum Gasteiger partial charge on any atom is 0.416 e. The standard InChI is InChI=1S/C25H31F3N2O3/c1-2-33-24(32)14-13-23(31)30(21-10-4-3-5-11-21)18-22-12-7-15-29(22)17-19-8-6-9-20(16-19)25(26,27)28/h6-9,12,15-16,21H,2-5,10-11,13-14,17-18H2,1H3. The summed E-state index contributed by atoms with van der Waals surface area (Å²) in [5.74, 6) is -0.482. The van der Waals surface area contributed by atoms with Crippen molar-refractivity contribution < 1.29 is 27.5 Å². The fraction of sp³-hybridized carbons (Fsp3) is 0.520. The first kappa shape index (κ1) is 24.9. The van der Waals surface area contributed by atoms with Crippen LogP contribution < -0.4 is 0 Å². The van der Waals surface area contributed by atoms with Gasteiger partial charge in [0.15, 0.2) is 0 Å². The average molecular weight is 465 g/mol. The summed E-state index contributed by atoms with van der Waals surface area (Å²) in [5, 5.41) is 0. The Morgan fingerprint density at radius 3 is 2.55 bits per heavy atom. The summed E-state index contributed by atoms with van der Waals surface area (Å²) in [4.78, 5) is 26.7. The first-order valence-corrected chi connectivity index (χ1v) is 11.5. The number of carbonyl (C=O) groups is 2. The van der Waals surface area contributed by atoms with Crippen molar-refractivity contribution in [2.75, 3.05) is 6.61 Å². The number of benzene rings is 1. The quantitative estimate of drug-likeness (QED) is 0.457. The van der Waals surface area contributed by atoms with Crippen LogP contribution in [0.25, 0.3) is 0 Å². The number of carbonyl (C=O) groups excluding carboxylic acids is 2. The molecule has 0 atom stereocenters. The minimum absolute atomic E-state index is 0.0428. The predicted molar refractivity (Wildman–Crippen MR) is 118 cm³/mol. The van der Waals surface area contributed by atoms with E-state index < -0.39 is 11.7 Å². The molecule has 8 heteroatoms. The number of ether oxygens (including phenoxy) is 1. The summed E-state index contributed by atoms with van der Waals surface area (Å²) in [6, 6.07) is 9.13. The van der Waals surface area contributed by atoms with Gasteiger partial charge in [0, 0.05) is 30.9 Å². The molecule has 33 heavy (non-hydrogen) atoms. The smallest absolute Gasteiger partial charge is 0.416 e. The van der Waals surface area contributed by atoms with Gasteiger partial charge in [0.25, 0.3) is 0 Å². The van der Waals surface area contributed by atoms with Gasteiger partial charge in [-0.25, -0.2) is 0 Å². The number of halogens is 3. The molecule has 1 saturated carbocycles. The molecular weight excluding hydrogens is 433 g/mol. The van der Waals surface area contributed by atoms with Crippen LogP contribution >= 0.6 is 0 Å². The fourth-order valence-corrected chi connectivity index (χ4v) is 4.36. The molecule has 1 amide bonds. The Bertz CT molecular complexity index is 933. The maximum absolute atomic E-state index is 13.1. The first-order valence-electron chi connectivity index (χ1n) is 11.5. The van der Waals surface area contributed by atoms with E-state index in [1.165, 1.54) is 6.07 Å². The van der Waals surface area contributed by atoms with Crippen molar-refractivity contribution in [3.8, 4) is 0 Å². The molecule has 1 fully saturated rings. The Kier molecular flexibility index (Phi) is 8.58. The van der Waals surface area contributed by atoms with Gasteiger partial charge in [-0.1, -0.05) is 31.4 Å². The average Bonchev–Trinajstić information content (AvgIpc) is 3.23. The second-order valence-corrected chi connectivity index (χ2v) is 8.44. The van der Waals surface area contributed by atoms with Crippen LogP contribution in [0.2, 0.25) is 0 Å². The Balaban J connectivity index is 1.75. The predicted octanol–water partition coefficient (Wildman–Crippen LogP) is 5.56. The zero-order valence-corrected chi connectivity index (χ0v) is 18.9. The van der Waals surface area contributed by atoms with Gasteiger partial charge in [0.05, 0.1) is 25.1 Å². The number of rotatable bonds is 9. The molecule has 0 bridgehead atoms. The zero-order chi connectivity index (χ0) is 23.8. The number of amides is 1. The van der Waals surface area contributed by atoms with Gasteiger partial charge >= 0.3 is 12.1 Å². The molecule has 0 N–H and O–H groups in total. The molecular formula is C25H31F3N2O3. The summed E-state index contributed by atoms with van der Waals surface area (Å²) in [7, 11) is 0. The molecule has 0 saturated heterocycles. The van der Waals surface area contributed by atoms with E-state index in [2.05, 4.69) is 0 Å². The van der Waals surface area contributed by atoms with Gasteiger partial charge in [-0.05, 0) is 49.6 Å². The van der Waals surface area contributed by atoms with E-state index in [0.29, 0.717) is 12.1 Å². The second-order valence-electron chi connectivity index (χ2n) is 8.44. The number of hydrogen-bond acceptors (Lipinski definition) is 3. The molecule has 0 spiro atoms. The van der Waals surface area contributed by atoms with Crippen LogP contribution in [0.4, 0.5) is 13.2 Å². The third kappa shape index (κ3) is 7.11. The minimum Gasteiger partial charge on any atom is -0.466 e. The Morgan fingerprint density at radius 2 is 1.85 bits per heavy atom. The van der Waals surface area contributed by atoms with Gasteiger partial charge in [-0.2, -0.15) is 13.2 Å². The SMILES string of the molecule is CCOC(=O)CCC(=O)N(Cc1cccn1Cc1cccc(C(F)(F)F)c1)C1CCCCC1. The molecule has 3 rings (SSSR count). The molecule has 1 aromatic heterocycles. The lowest BCUT2D eigenvalue weighted by Gasteiger charge is -2.35. The summed E-state index contributed by atoms with van der Waals surface area (Å²) in [6.07, 6.45) is 2.64. The van der Waals surface area contributed by atoms with Crippen molar-refractivity contribution in [3.63, 3.8) is 0 Å². The lowest BCUT2D eigenvalue weighted by Crippen LogP contribution is -2.41. The Hall–Kier alpha value is -2.77. The number of nitrogens with zero attached hydrogens (tertiary/aromatic N) is 2. The highest BCUT2D eigenvalue weighted by atomic mass is 19.4. The highest BCUT2D eigenvalue weighted by Crippen LogP contribution is 2.30. The number of aromatic nitrogens is 1. The van der Waals surface area contributed by atoms with E-state index in [1.54, 1.807) is 13.0 Å². The van der Waals surface area contributed by atoms with Crippen molar-refractivity contribution in [1.82, 2.24) is 9.47 Å². The van der Waals surface area contributed by atoms with Crippen LogP contribution in [-0.2, 0) is 33.6 Å². The Labute approximate surface area is 192 Å². The minimum atomic E-state index is -4.39. The highest BCUT2D eigenvalue weighted by Gasteiger charge is 2.30. The maximum atomic E-state index is 13.1. The van der Waals surface area contributed by atoms with E-state index in [1.807, 2.05) is 27.8 Å². The van der Waals surface area contributed by atoms with E-state index in [9.17, 15) is 22.8 Å². The van der Waals surface area contributed by atoms with Crippen molar-refractivity contribution in [2.24, 2.45) is 0 Å². The molecule has 0 radical (unpaired) electrons. The number of esters is 1. The molecule has 1 aliphatic rings. The van der Waals surface area contributed by atoms with Gasteiger partial charge in [-0.15, -0.1) is 0 Å². The van der Waals surface area contributed by atoms with E-state index in [0.717, 1.165) is 49.9 Å². The van der Waals surface area contributed by atoms with Gasteiger partial charge in [0.1, 0.15) is 0 Å². The summed E-state index contributed by atoms with van der Waals surface area (Å²) < 4.78 is 46.1. The number of alkyl halides is 3. The van der Waals surface area contributed by atoms with Crippen molar-refractivity contribution in [1.29, 1.82) is 0 Å². The van der Waals surface area contributed by atoms with Crippen LogP contribution in [0.3, 0.4) is 0 Å². The molecule has 0 aliphatic heterocycles. The molecule has 5 nitrogen and oxygen atoms in total. The lowest BCUT2D eigenvalue weighted by atomic mass is 9.93. The van der Waals surface area contributed by atoms with Crippen LogP contribution in [0.1, 0.15) is 68.7 Å². The van der Waals surface area contributed by atoms with Crippen LogP contribution in [-0.4, -0.2) is 34.0 Å².